The van der Waals surface area contributed by atoms with E-state index in [9.17, 15) is 9.90 Å². The molecule has 1 aromatic carbocycles. The molecule has 0 aliphatic heterocycles. The lowest BCUT2D eigenvalue weighted by Gasteiger charge is -1.98. The Hall–Kier alpha value is -1.79. The number of carbonyl (C=O) groups is 1. The predicted molar refractivity (Wildman–Crippen MR) is 49.4 cm³/mol. The van der Waals surface area contributed by atoms with Crippen LogP contribution >= 0.6 is 0 Å². The van der Waals surface area contributed by atoms with E-state index >= 15 is 0 Å². The molecule has 0 heterocycles. The van der Waals surface area contributed by atoms with Gasteiger partial charge in [-0.2, -0.15) is 0 Å². The van der Waals surface area contributed by atoms with Crippen molar-refractivity contribution in [3.8, 4) is 17.6 Å². The van der Waals surface area contributed by atoms with E-state index in [-0.39, 0.29) is 17.9 Å². The second-order valence-corrected chi connectivity index (χ2v) is 2.36. The molecule has 0 unspecified atom stereocenters. The van der Waals surface area contributed by atoms with Crippen LogP contribution in [-0.4, -0.2) is 17.9 Å². The Kier molecular flexibility index (Phi) is 3.07. The molecule has 13 heavy (non-hydrogen) atoms. The standard InChI is InChI=1S/C10H9NO2/c11-6-2-4-8-3-1-5-10(13)9(8)7-12/h1,3,5,7,13H,6,11H2. The molecule has 66 valence electrons. The third kappa shape index (κ3) is 2.08. The van der Waals surface area contributed by atoms with Gasteiger partial charge in [-0.15, -0.1) is 0 Å². The van der Waals surface area contributed by atoms with Gasteiger partial charge in [-0.1, -0.05) is 17.9 Å². The van der Waals surface area contributed by atoms with E-state index < -0.39 is 0 Å². The lowest BCUT2D eigenvalue weighted by molar-refractivity contribution is 0.112. The molecule has 3 N–H and O–H groups in total. The number of phenolic OH excluding ortho intramolecular Hbond substituents is 1. The maximum atomic E-state index is 10.6. The van der Waals surface area contributed by atoms with E-state index in [0.717, 1.165) is 0 Å². The van der Waals surface area contributed by atoms with Crippen LogP contribution < -0.4 is 5.73 Å². The Labute approximate surface area is 76.2 Å². The summed E-state index contributed by atoms with van der Waals surface area (Å²) in [6.07, 6.45) is 0.579. The molecule has 1 aromatic rings. The van der Waals surface area contributed by atoms with Gasteiger partial charge in [0.2, 0.25) is 0 Å². The first-order chi connectivity index (χ1) is 6.29. The van der Waals surface area contributed by atoms with Gasteiger partial charge in [0, 0.05) is 5.56 Å². The molecule has 0 saturated carbocycles. The summed E-state index contributed by atoms with van der Waals surface area (Å²) in [5.74, 6) is 5.26. The zero-order chi connectivity index (χ0) is 9.68. The number of phenols is 1. The summed E-state index contributed by atoms with van der Waals surface area (Å²) in [5.41, 5.74) is 5.89. The van der Waals surface area contributed by atoms with Gasteiger partial charge in [0.25, 0.3) is 0 Å². The van der Waals surface area contributed by atoms with E-state index in [1.807, 2.05) is 0 Å². The first-order valence-corrected chi connectivity index (χ1v) is 3.75. The van der Waals surface area contributed by atoms with Crippen molar-refractivity contribution < 1.29 is 9.90 Å². The Balaban J connectivity index is 3.20. The quantitative estimate of drug-likeness (QED) is 0.483. The highest BCUT2D eigenvalue weighted by Gasteiger charge is 2.02. The largest absolute Gasteiger partial charge is 0.507 e. The van der Waals surface area contributed by atoms with Gasteiger partial charge < -0.3 is 10.8 Å². The van der Waals surface area contributed by atoms with E-state index in [1.165, 1.54) is 6.07 Å². The molecule has 0 radical (unpaired) electrons. The van der Waals surface area contributed by atoms with E-state index in [0.29, 0.717) is 11.8 Å². The Morgan fingerprint density at radius 1 is 1.54 bits per heavy atom. The third-order valence-electron chi connectivity index (χ3n) is 1.53. The first kappa shape index (κ1) is 9.30. The normalized spacial score (nSPS) is 8.69. The Morgan fingerprint density at radius 2 is 2.31 bits per heavy atom. The number of hydrogen-bond acceptors (Lipinski definition) is 3. The number of rotatable bonds is 1. The van der Waals surface area contributed by atoms with Crippen LogP contribution in [0.15, 0.2) is 18.2 Å². The van der Waals surface area contributed by atoms with Gasteiger partial charge >= 0.3 is 0 Å². The highest BCUT2D eigenvalue weighted by atomic mass is 16.3. The monoisotopic (exact) mass is 175 g/mol. The predicted octanol–water partition coefficient (Wildman–Crippen LogP) is 0.515. The molecule has 0 saturated heterocycles. The molecule has 3 nitrogen and oxygen atoms in total. The molecule has 1 rings (SSSR count). The van der Waals surface area contributed by atoms with Gasteiger partial charge in [0.15, 0.2) is 6.29 Å². The van der Waals surface area contributed by atoms with E-state index in [1.54, 1.807) is 12.1 Å². The average molecular weight is 175 g/mol. The van der Waals surface area contributed by atoms with Crippen molar-refractivity contribution in [2.75, 3.05) is 6.54 Å². The minimum atomic E-state index is -0.0566. The van der Waals surface area contributed by atoms with Crippen LogP contribution in [0.25, 0.3) is 0 Å². The molecule has 0 bridgehead atoms. The second-order valence-electron chi connectivity index (χ2n) is 2.36. The average Bonchev–Trinajstić information content (AvgIpc) is 2.15. The molecular weight excluding hydrogens is 166 g/mol. The summed E-state index contributed by atoms with van der Waals surface area (Å²) in [6, 6.07) is 4.73. The summed E-state index contributed by atoms with van der Waals surface area (Å²) >= 11 is 0. The molecule has 0 atom stereocenters. The van der Waals surface area contributed by atoms with Crippen molar-refractivity contribution in [1.82, 2.24) is 0 Å². The zero-order valence-corrected chi connectivity index (χ0v) is 6.95. The topological polar surface area (TPSA) is 63.3 Å². The van der Waals surface area contributed by atoms with Gasteiger partial charge in [-0.3, -0.25) is 4.79 Å². The van der Waals surface area contributed by atoms with Crippen molar-refractivity contribution in [3.63, 3.8) is 0 Å². The molecule has 3 heteroatoms. The number of carbonyl (C=O) groups excluding carboxylic acids is 1. The number of benzene rings is 1. The van der Waals surface area contributed by atoms with Gasteiger partial charge in [0.1, 0.15) is 5.75 Å². The second kappa shape index (κ2) is 4.29. The molecule has 0 aliphatic rings. The molecule has 0 amide bonds. The molecule has 0 aliphatic carbocycles. The molecule has 0 aromatic heterocycles. The van der Waals surface area contributed by atoms with E-state index in [2.05, 4.69) is 11.8 Å². The zero-order valence-electron chi connectivity index (χ0n) is 6.95. The van der Waals surface area contributed by atoms with Crippen LogP contribution in [-0.2, 0) is 0 Å². The van der Waals surface area contributed by atoms with Crippen LogP contribution in [0.3, 0.4) is 0 Å². The van der Waals surface area contributed by atoms with Gasteiger partial charge in [-0.05, 0) is 12.1 Å². The van der Waals surface area contributed by atoms with Crippen LogP contribution in [0.2, 0.25) is 0 Å². The summed E-state index contributed by atoms with van der Waals surface area (Å²) < 4.78 is 0. The summed E-state index contributed by atoms with van der Waals surface area (Å²) in [4.78, 5) is 10.6. The summed E-state index contributed by atoms with van der Waals surface area (Å²) in [7, 11) is 0. The van der Waals surface area contributed by atoms with Crippen molar-refractivity contribution in [2.45, 2.75) is 0 Å². The van der Waals surface area contributed by atoms with E-state index in [4.69, 9.17) is 5.73 Å². The van der Waals surface area contributed by atoms with Gasteiger partial charge in [0.05, 0.1) is 12.1 Å². The lowest BCUT2D eigenvalue weighted by atomic mass is 10.1. The smallest absolute Gasteiger partial charge is 0.155 e. The SMILES string of the molecule is NCC#Cc1cccc(O)c1C=O. The Morgan fingerprint density at radius 3 is 2.92 bits per heavy atom. The Bertz CT molecular complexity index is 374. The summed E-state index contributed by atoms with van der Waals surface area (Å²) in [6.45, 7) is 0.230. The highest BCUT2D eigenvalue weighted by molar-refractivity contribution is 5.83. The molecule has 0 fully saturated rings. The van der Waals surface area contributed by atoms with Crippen molar-refractivity contribution in [3.05, 3.63) is 29.3 Å². The number of nitrogens with two attached hydrogens (primary N) is 1. The van der Waals surface area contributed by atoms with Crippen molar-refractivity contribution in [1.29, 1.82) is 0 Å². The third-order valence-corrected chi connectivity index (χ3v) is 1.53. The number of aldehydes is 1. The van der Waals surface area contributed by atoms with Crippen LogP contribution in [0.5, 0.6) is 5.75 Å². The maximum Gasteiger partial charge on any atom is 0.155 e. The fraction of sp³-hybridized carbons (Fsp3) is 0.100. The summed E-state index contributed by atoms with van der Waals surface area (Å²) in [5, 5.41) is 9.26. The maximum absolute atomic E-state index is 10.6. The fourth-order valence-electron chi connectivity index (χ4n) is 0.932. The first-order valence-electron chi connectivity index (χ1n) is 3.75. The number of aromatic hydroxyl groups is 1. The fourth-order valence-corrected chi connectivity index (χ4v) is 0.932. The van der Waals surface area contributed by atoms with Crippen molar-refractivity contribution in [2.24, 2.45) is 5.73 Å². The highest BCUT2D eigenvalue weighted by Crippen LogP contribution is 2.17. The van der Waals surface area contributed by atoms with Crippen LogP contribution in [0, 0.1) is 11.8 Å². The minimum Gasteiger partial charge on any atom is -0.507 e. The van der Waals surface area contributed by atoms with Crippen LogP contribution in [0.4, 0.5) is 0 Å². The molecular formula is C10H9NO2. The van der Waals surface area contributed by atoms with Gasteiger partial charge in [-0.25, -0.2) is 0 Å². The van der Waals surface area contributed by atoms with Crippen LogP contribution in [0.1, 0.15) is 15.9 Å². The molecule has 0 spiro atoms. The van der Waals surface area contributed by atoms with Crippen molar-refractivity contribution >= 4 is 6.29 Å². The lowest BCUT2D eigenvalue weighted by Crippen LogP contribution is -1.94. The minimum absolute atomic E-state index is 0.0566. The number of hydrogen-bond donors (Lipinski definition) is 2.